The Morgan fingerprint density at radius 3 is 2.73 bits per heavy atom. The summed E-state index contributed by atoms with van der Waals surface area (Å²) < 4.78 is 0. The molecule has 0 spiro atoms. The second kappa shape index (κ2) is 3.42. The Morgan fingerprint density at radius 1 is 1.36 bits per heavy atom. The molecule has 0 aliphatic heterocycles. The molecule has 0 saturated carbocycles. The summed E-state index contributed by atoms with van der Waals surface area (Å²) in [5.74, 6) is 0.868. The Balaban J connectivity index is 2.89. The first-order valence-corrected chi connectivity index (χ1v) is 3.97. The van der Waals surface area contributed by atoms with Crippen LogP contribution in [0, 0.1) is 5.92 Å². The van der Waals surface area contributed by atoms with Crippen LogP contribution in [-0.2, 0) is 0 Å². The second-order valence-corrected chi connectivity index (χ2v) is 3.06. The largest absolute Gasteiger partial charge is 0.508 e. The summed E-state index contributed by atoms with van der Waals surface area (Å²) >= 11 is 0. The molecule has 0 heterocycles. The summed E-state index contributed by atoms with van der Waals surface area (Å²) in [6, 6.07) is 0. The lowest BCUT2D eigenvalue weighted by Crippen LogP contribution is -1.96. The molecule has 1 heteroatoms. The lowest BCUT2D eigenvalue weighted by molar-refractivity contribution is 0.415. The van der Waals surface area contributed by atoms with E-state index in [0.29, 0.717) is 11.7 Å². The minimum absolute atomic E-state index is 0.433. The third-order valence-corrected chi connectivity index (χ3v) is 1.86. The predicted octanol–water partition coefficient (Wildman–Crippen LogP) is 2.97. The van der Waals surface area contributed by atoms with Gasteiger partial charge in [0.15, 0.2) is 0 Å². The summed E-state index contributed by atoms with van der Waals surface area (Å²) in [6.45, 7) is 4.19. The molecule has 0 unspecified atom stereocenters. The zero-order chi connectivity index (χ0) is 8.27. The van der Waals surface area contributed by atoms with E-state index in [0.717, 1.165) is 12.0 Å². The van der Waals surface area contributed by atoms with Gasteiger partial charge in [0.05, 0.1) is 0 Å². The zero-order valence-corrected chi connectivity index (χ0v) is 7.04. The van der Waals surface area contributed by atoms with Crippen molar-refractivity contribution in [3.63, 3.8) is 0 Å². The molecule has 11 heavy (non-hydrogen) atoms. The molecule has 1 nitrogen and oxygen atoms in total. The lowest BCUT2D eigenvalue weighted by Gasteiger charge is -2.08. The quantitative estimate of drug-likeness (QED) is 0.609. The SMILES string of the molecule is CC(C)C1=C(O)C=CC=CC1. The molecule has 0 bridgehead atoms. The molecule has 0 aromatic carbocycles. The zero-order valence-electron chi connectivity index (χ0n) is 7.04. The first-order valence-electron chi connectivity index (χ1n) is 3.97. The third-order valence-electron chi connectivity index (χ3n) is 1.86. The minimum atomic E-state index is 0.433. The van der Waals surface area contributed by atoms with E-state index in [-0.39, 0.29) is 0 Å². The van der Waals surface area contributed by atoms with Crippen molar-refractivity contribution in [1.82, 2.24) is 0 Å². The monoisotopic (exact) mass is 150 g/mol. The average molecular weight is 150 g/mol. The molecule has 0 amide bonds. The van der Waals surface area contributed by atoms with Gasteiger partial charge in [0.1, 0.15) is 5.76 Å². The summed E-state index contributed by atoms with van der Waals surface area (Å²) in [5, 5.41) is 9.47. The summed E-state index contributed by atoms with van der Waals surface area (Å²) in [5.41, 5.74) is 1.12. The maximum Gasteiger partial charge on any atom is 0.115 e. The van der Waals surface area contributed by atoms with Crippen LogP contribution in [0.2, 0.25) is 0 Å². The standard InChI is InChI=1S/C10H14O/c1-8(2)9-6-4-3-5-7-10(9)11/h3-5,7-8,11H,6H2,1-2H3. The van der Waals surface area contributed by atoms with Crippen LogP contribution in [-0.4, -0.2) is 5.11 Å². The summed E-state index contributed by atoms with van der Waals surface area (Å²) in [6.07, 6.45) is 8.51. The van der Waals surface area contributed by atoms with Crippen LogP contribution < -0.4 is 0 Å². The van der Waals surface area contributed by atoms with Gasteiger partial charge in [0.25, 0.3) is 0 Å². The van der Waals surface area contributed by atoms with E-state index in [1.165, 1.54) is 0 Å². The molecule has 60 valence electrons. The molecule has 1 aliphatic carbocycles. The normalized spacial score (nSPS) is 17.7. The number of aliphatic hydroxyl groups is 1. The van der Waals surface area contributed by atoms with Gasteiger partial charge in [0.2, 0.25) is 0 Å². The van der Waals surface area contributed by atoms with Gasteiger partial charge in [-0.1, -0.05) is 32.1 Å². The summed E-state index contributed by atoms with van der Waals surface area (Å²) in [7, 11) is 0. The highest BCUT2D eigenvalue weighted by atomic mass is 16.3. The Labute approximate surface area is 67.7 Å². The molecule has 1 aliphatic rings. The molecule has 0 aromatic heterocycles. The van der Waals surface area contributed by atoms with Crippen molar-refractivity contribution < 1.29 is 5.11 Å². The van der Waals surface area contributed by atoms with E-state index >= 15 is 0 Å². The van der Waals surface area contributed by atoms with Gasteiger partial charge in [-0.2, -0.15) is 0 Å². The Kier molecular flexibility index (Phi) is 2.53. The highest BCUT2D eigenvalue weighted by molar-refractivity contribution is 5.28. The van der Waals surface area contributed by atoms with E-state index in [1.54, 1.807) is 6.08 Å². The number of allylic oxidation sites excluding steroid dienone is 5. The maximum atomic E-state index is 9.47. The second-order valence-electron chi connectivity index (χ2n) is 3.06. The highest BCUT2D eigenvalue weighted by Gasteiger charge is 2.07. The third kappa shape index (κ3) is 1.97. The fourth-order valence-corrected chi connectivity index (χ4v) is 1.16. The van der Waals surface area contributed by atoms with E-state index < -0.39 is 0 Å². The van der Waals surface area contributed by atoms with Crippen LogP contribution in [0.1, 0.15) is 20.3 Å². The smallest absolute Gasteiger partial charge is 0.115 e. The minimum Gasteiger partial charge on any atom is -0.508 e. The van der Waals surface area contributed by atoms with Gasteiger partial charge in [0, 0.05) is 0 Å². The van der Waals surface area contributed by atoms with Crippen molar-refractivity contribution in [1.29, 1.82) is 0 Å². The van der Waals surface area contributed by atoms with Gasteiger partial charge in [-0.05, 0) is 24.0 Å². The number of rotatable bonds is 1. The van der Waals surface area contributed by atoms with Crippen molar-refractivity contribution in [3.05, 3.63) is 35.6 Å². The van der Waals surface area contributed by atoms with Crippen molar-refractivity contribution in [2.75, 3.05) is 0 Å². The van der Waals surface area contributed by atoms with E-state index in [1.807, 2.05) is 12.2 Å². The van der Waals surface area contributed by atoms with Gasteiger partial charge in [-0.15, -0.1) is 0 Å². The number of hydrogen-bond donors (Lipinski definition) is 1. The fraction of sp³-hybridized carbons (Fsp3) is 0.400. The van der Waals surface area contributed by atoms with Gasteiger partial charge < -0.3 is 5.11 Å². The molecule has 0 saturated heterocycles. The number of aliphatic hydroxyl groups excluding tert-OH is 1. The molecular formula is C10H14O. The molecule has 1 rings (SSSR count). The van der Waals surface area contributed by atoms with Crippen molar-refractivity contribution in [2.45, 2.75) is 20.3 Å². The van der Waals surface area contributed by atoms with E-state index in [4.69, 9.17) is 0 Å². The molecule has 0 radical (unpaired) electrons. The lowest BCUT2D eigenvalue weighted by atomic mass is 9.99. The van der Waals surface area contributed by atoms with Gasteiger partial charge >= 0.3 is 0 Å². The van der Waals surface area contributed by atoms with Crippen LogP contribution in [0.5, 0.6) is 0 Å². The Bertz CT molecular complexity index is 219. The van der Waals surface area contributed by atoms with Gasteiger partial charge in [-0.3, -0.25) is 0 Å². The number of hydrogen-bond acceptors (Lipinski definition) is 1. The van der Waals surface area contributed by atoms with Crippen LogP contribution >= 0.6 is 0 Å². The molecule has 0 atom stereocenters. The molecule has 0 fully saturated rings. The van der Waals surface area contributed by atoms with Crippen LogP contribution in [0.3, 0.4) is 0 Å². The first kappa shape index (κ1) is 8.12. The topological polar surface area (TPSA) is 20.2 Å². The van der Waals surface area contributed by atoms with Gasteiger partial charge in [-0.25, -0.2) is 0 Å². The predicted molar refractivity (Wildman–Crippen MR) is 47.4 cm³/mol. The first-order chi connectivity index (χ1) is 5.22. The van der Waals surface area contributed by atoms with Crippen molar-refractivity contribution in [3.8, 4) is 0 Å². The van der Waals surface area contributed by atoms with E-state index in [2.05, 4.69) is 19.9 Å². The van der Waals surface area contributed by atoms with Crippen LogP contribution in [0.25, 0.3) is 0 Å². The Morgan fingerprint density at radius 2 is 2.09 bits per heavy atom. The molecule has 1 N–H and O–H groups in total. The van der Waals surface area contributed by atoms with E-state index in [9.17, 15) is 5.11 Å². The molecule has 0 aromatic rings. The maximum absolute atomic E-state index is 9.47. The van der Waals surface area contributed by atoms with Crippen molar-refractivity contribution in [2.24, 2.45) is 5.92 Å². The van der Waals surface area contributed by atoms with Crippen LogP contribution in [0.4, 0.5) is 0 Å². The average Bonchev–Trinajstić information content (AvgIpc) is 2.13. The van der Waals surface area contributed by atoms with Crippen molar-refractivity contribution >= 4 is 0 Å². The summed E-state index contributed by atoms with van der Waals surface area (Å²) in [4.78, 5) is 0. The molecular weight excluding hydrogens is 136 g/mol. The van der Waals surface area contributed by atoms with Crippen LogP contribution in [0.15, 0.2) is 35.6 Å². The highest BCUT2D eigenvalue weighted by Crippen LogP contribution is 2.20. The fourth-order valence-electron chi connectivity index (χ4n) is 1.16. The Hall–Kier alpha value is -0.980.